The first-order valence-corrected chi connectivity index (χ1v) is 8.25. The third-order valence-electron chi connectivity index (χ3n) is 3.43. The maximum absolute atomic E-state index is 12.8. The van der Waals surface area contributed by atoms with Gasteiger partial charge >= 0.3 is 6.18 Å². The van der Waals surface area contributed by atoms with Crippen molar-refractivity contribution in [2.75, 3.05) is 0 Å². The lowest BCUT2D eigenvalue weighted by molar-refractivity contribution is -0.384. The van der Waals surface area contributed by atoms with E-state index in [0.29, 0.717) is 5.56 Å². The van der Waals surface area contributed by atoms with Crippen molar-refractivity contribution in [3.8, 4) is 0 Å². The predicted octanol–water partition coefficient (Wildman–Crippen LogP) is 4.51. The van der Waals surface area contributed by atoms with Crippen LogP contribution in [0.2, 0.25) is 0 Å². The highest BCUT2D eigenvalue weighted by Crippen LogP contribution is 2.33. The van der Waals surface area contributed by atoms with E-state index >= 15 is 0 Å². The molecule has 1 saturated heterocycles. The molecule has 2 aromatic carbocycles. The standard InChI is InChI=1S/C17H10F3N3O3S/c18-17(19,20)11-4-2-5-12(9-11)21-16-22-15(24)14(27-16)8-10-3-1-6-13(7-10)23(25)26/h1-9H,(H,21,22,24). The van der Waals surface area contributed by atoms with Crippen LogP contribution in [0.1, 0.15) is 11.1 Å². The molecule has 0 atom stereocenters. The molecule has 1 aliphatic rings. The van der Waals surface area contributed by atoms with Crippen LogP contribution in [0.3, 0.4) is 0 Å². The number of carbonyl (C=O) groups is 1. The Kier molecular flexibility index (Phi) is 5.00. The number of amides is 1. The number of amidine groups is 1. The molecule has 0 aliphatic carbocycles. The molecule has 1 amide bonds. The maximum Gasteiger partial charge on any atom is 0.416 e. The first-order chi connectivity index (χ1) is 12.7. The van der Waals surface area contributed by atoms with Gasteiger partial charge in [0.2, 0.25) is 0 Å². The van der Waals surface area contributed by atoms with E-state index in [0.717, 1.165) is 23.9 Å². The van der Waals surface area contributed by atoms with Crippen LogP contribution in [-0.4, -0.2) is 16.0 Å². The number of benzene rings is 2. The van der Waals surface area contributed by atoms with Crippen LogP contribution in [0.25, 0.3) is 6.08 Å². The van der Waals surface area contributed by atoms with Crippen LogP contribution in [0.15, 0.2) is 58.4 Å². The number of non-ortho nitro benzene ring substituents is 1. The average molecular weight is 393 g/mol. The molecule has 1 heterocycles. The number of carbonyl (C=O) groups excluding carboxylic acids is 1. The lowest BCUT2D eigenvalue weighted by atomic mass is 10.2. The van der Waals surface area contributed by atoms with Gasteiger partial charge in [-0.2, -0.15) is 13.2 Å². The number of hydrogen-bond donors (Lipinski definition) is 1. The number of nitro benzene ring substituents is 1. The molecule has 0 spiro atoms. The van der Waals surface area contributed by atoms with Gasteiger partial charge < -0.3 is 5.32 Å². The summed E-state index contributed by atoms with van der Waals surface area (Å²) in [5.74, 6) is -0.489. The Balaban J connectivity index is 1.84. The molecule has 3 rings (SSSR count). The summed E-state index contributed by atoms with van der Waals surface area (Å²) in [5.41, 5.74) is -0.469. The van der Waals surface area contributed by atoms with Crippen LogP contribution in [0, 0.1) is 10.1 Å². The van der Waals surface area contributed by atoms with E-state index in [4.69, 9.17) is 0 Å². The molecule has 6 nitrogen and oxygen atoms in total. The molecule has 138 valence electrons. The number of rotatable bonds is 3. The Hall–Kier alpha value is -3.14. The van der Waals surface area contributed by atoms with E-state index in [9.17, 15) is 28.1 Å². The van der Waals surface area contributed by atoms with E-state index in [1.165, 1.54) is 36.4 Å². The lowest BCUT2D eigenvalue weighted by Crippen LogP contribution is -2.19. The van der Waals surface area contributed by atoms with Crippen molar-refractivity contribution < 1.29 is 22.9 Å². The van der Waals surface area contributed by atoms with E-state index in [-0.39, 0.29) is 21.4 Å². The third kappa shape index (κ3) is 4.53. The summed E-state index contributed by atoms with van der Waals surface area (Å²) in [6, 6.07) is 10.1. The molecule has 27 heavy (non-hydrogen) atoms. The quantitative estimate of drug-likeness (QED) is 0.473. The van der Waals surface area contributed by atoms with Crippen molar-refractivity contribution in [2.45, 2.75) is 6.18 Å². The molecule has 0 radical (unpaired) electrons. The minimum atomic E-state index is -4.49. The number of thioether (sulfide) groups is 1. The summed E-state index contributed by atoms with van der Waals surface area (Å²) >= 11 is 0.935. The van der Waals surface area contributed by atoms with Gasteiger partial charge in [-0.25, -0.2) is 4.99 Å². The summed E-state index contributed by atoms with van der Waals surface area (Å²) in [7, 11) is 0. The van der Waals surface area contributed by atoms with Gasteiger partial charge in [0, 0.05) is 12.1 Å². The number of alkyl halides is 3. The van der Waals surface area contributed by atoms with Crippen molar-refractivity contribution in [2.24, 2.45) is 4.99 Å². The second kappa shape index (κ2) is 7.23. The fourth-order valence-corrected chi connectivity index (χ4v) is 3.07. The number of aliphatic imine (C=N–C) groups is 1. The maximum atomic E-state index is 12.8. The number of nitrogens with one attached hydrogen (secondary N) is 1. The summed E-state index contributed by atoms with van der Waals surface area (Å²) in [5, 5.41) is 13.4. The van der Waals surface area contributed by atoms with Gasteiger partial charge in [-0.15, -0.1) is 0 Å². The number of nitrogens with zero attached hydrogens (tertiary/aromatic N) is 2. The lowest BCUT2D eigenvalue weighted by Gasteiger charge is -2.06. The molecule has 1 aliphatic heterocycles. The Bertz CT molecular complexity index is 987. The van der Waals surface area contributed by atoms with Crippen molar-refractivity contribution in [1.82, 2.24) is 5.32 Å². The van der Waals surface area contributed by atoms with Crippen molar-refractivity contribution in [1.29, 1.82) is 0 Å². The Morgan fingerprint density at radius 1 is 1.15 bits per heavy atom. The summed E-state index contributed by atoms with van der Waals surface area (Å²) < 4.78 is 38.3. The van der Waals surface area contributed by atoms with Crippen molar-refractivity contribution in [3.05, 3.63) is 74.7 Å². The molecule has 0 saturated carbocycles. The van der Waals surface area contributed by atoms with E-state index in [2.05, 4.69) is 10.3 Å². The van der Waals surface area contributed by atoms with E-state index in [1.807, 2.05) is 0 Å². The van der Waals surface area contributed by atoms with Gasteiger partial charge in [-0.05, 0) is 41.6 Å². The first-order valence-electron chi connectivity index (χ1n) is 7.44. The highest BCUT2D eigenvalue weighted by Gasteiger charge is 2.30. The van der Waals surface area contributed by atoms with Gasteiger partial charge in [-0.3, -0.25) is 14.9 Å². The number of hydrogen-bond acceptors (Lipinski definition) is 5. The number of nitro groups is 1. The summed E-state index contributed by atoms with van der Waals surface area (Å²) in [4.78, 5) is 26.5. The minimum Gasteiger partial charge on any atom is -0.300 e. The van der Waals surface area contributed by atoms with Crippen molar-refractivity contribution >= 4 is 40.3 Å². The van der Waals surface area contributed by atoms with E-state index in [1.54, 1.807) is 6.07 Å². The van der Waals surface area contributed by atoms with Crippen LogP contribution < -0.4 is 5.32 Å². The molecule has 1 N–H and O–H groups in total. The summed E-state index contributed by atoms with van der Waals surface area (Å²) in [6.45, 7) is 0. The van der Waals surface area contributed by atoms with Gasteiger partial charge in [0.15, 0.2) is 5.17 Å². The van der Waals surface area contributed by atoms with Gasteiger partial charge in [0.05, 0.1) is 21.1 Å². The topological polar surface area (TPSA) is 84.6 Å². The Morgan fingerprint density at radius 2 is 1.89 bits per heavy atom. The molecular formula is C17H10F3N3O3S. The molecule has 1 fully saturated rings. The molecule has 0 aromatic heterocycles. The van der Waals surface area contributed by atoms with Crippen LogP contribution in [0.4, 0.5) is 24.5 Å². The number of halogens is 3. The highest BCUT2D eigenvalue weighted by atomic mass is 32.2. The summed E-state index contributed by atoms with van der Waals surface area (Å²) in [6.07, 6.45) is -3.04. The van der Waals surface area contributed by atoms with Crippen molar-refractivity contribution in [3.63, 3.8) is 0 Å². The zero-order valence-electron chi connectivity index (χ0n) is 13.4. The SMILES string of the molecule is O=C1NC(=Nc2cccc(C(F)(F)F)c2)SC1=Cc1cccc([N+](=O)[O-])c1. The van der Waals surface area contributed by atoms with Crippen LogP contribution in [-0.2, 0) is 11.0 Å². The fourth-order valence-electron chi connectivity index (χ4n) is 2.23. The highest BCUT2D eigenvalue weighted by molar-refractivity contribution is 8.18. The predicted molar refractivity (Wildman–Crippen MR) is 95.3 cm³/mol. The molecular weight excluding hydrogens is 383 g/mol. The van der Waals surface area contributed by atoms with Gasteiger partial charge in [0.1, 0.15) is 0 Å². The zero-order chi connectivity index (χ0) is 19.6. The molecule has 0 unspecified atom stereocenters. The zero-order valence-corrected chi connectivity index (χ0v) is 14.2. The van der Waals surface area contributed by atoms with Crippen LogP contribution in [0.5, 0.6) is 0 Å². The normalized spacial score (nSPS) is 17.4. The van der Waals surface area contributed by atoms with Gasteiger partial charge in [-0.1, -0.05) is 18.2 Å². The molecule has 10 heteroatoms. The monoisotopic (exact) mass is 393 g/mol. The Labute approximate surface area is 154 Å². The third-order valence-corrected chi connectivity index (χ3v) is 4.34. The largest absolute Gasteiger partial charge is 0.416 e. The minimum absolute atomic E-state index is 0.0456. The smallest absolute Gasteiger partial charge is 0.300 e. The second-order valence-electron chi connectivity index (χ2n) is 5.38. The van der Waals surface area contributed by atoms with E-state index < -0.39 is 22.6 Å². The van der Waals surface area contributed by atoms with Gasteiger partial charge in [0.25, 0.3) is 11.6 Å². The molecule has 0 bridgehead atoms. The molecule has 2 aromatic rings. The second-order valence-corrected chi connectivity index (χ2v) is 6.41. The first kappa shape index (κ1) is 18.6. The fraction of sp³-hybridized carbons (Fsp3) is 0.0588. The Morgan fingerprint density at radius 3 is 2.59 bits per heavy atom. The average Bonchev–Trinajstić information content (AvgIpc) is 2.93. The van der Waals surface area contributed by atoms with Crippen LogP contribution >= 0.6 is 11.8 Å².